The second-order valence-electron chi connectivity index (χ2n) is 4.50. The molecule has 0 aliphatic carbocycles. The lowest BCUT2D eigenvalue weighted by atomic mass is 10.1. The van der Waals surface area contributed by atoms with Gasteiger partial charge in [0.25, 0.3) is 0 Å². The van der Waals surface area contributed by atoms with Crippen LogP contribution in [0.5, 0.6) is 0 Å². The Morgan fingerprint density at radius 3 is 2.55 bits per heavy atom. The van der Waals surface area contributed by atoms with Crippen molar-refractivity contribution in [3.8, 4) is 17.4 Å². The van der Waals surface area contributed by atoms with Crippen LogP contribution in [-0.4, -0.2) is 18.2 Å². The first-order valence-corrected chi connectivity index (χ1v) is 6.10. The minimum atomic E-state index is -0.333. The molecule has 0 N–H and O–H groups in total. The molecule has 1 amide bonds. The van der Waals surface area contributed by atoms with Crippen LogP contribution in [0.4, 0.5) is 5.88 Å². The zero-order valence-electron chi connectivity index (χ0n) is 10.5. The number of hydrogen-bond acceptors (Lipinski definition) is 4. The van der Waals surface area contributed by atoms with Gasteiger partial charge < -0.3 is 4.42 Å². The number of carbonyl (C=O) groups excluding carboxylic acids is 2. The van der Waals surface area contributed by atoms with E-state index in [1.54, 1.807) is 6.07 Å². The van der Waals surface area contributed by atoms with Gasteiger partial charge in [-0.3, -0.25) is 14.5 Å². The summed E-state index contributed by atoms with van der Waals surface area (Å²) < 4.78 is 5.62. The standard InChI is InChI=1S/C15H10N2O3/c16-8-11-6-13(10-4-2-1-3-5-10)20-15(11)17-9-12(18)7-14(17)19/h1-6H,7,9H2. The van der Waals surface area contributed by atoms with E-state index in [2.05, 4.69) is 0 Å². The molecule has 3 rings (SSSR count). The van der Waals surface area contributed by atoms with Gasteiger partial charge in [-0.05, 0) is 0 Å². The Bertz CT molecular complexity index is 725. The monoisotopic (exact) mass is 266 g/mol. The van der Waals surface area contributed by atoms with Gasteiger partial charge in [0.05, 0.1) is 13.0 Å². The molecule has 1 aromatic heterocycles. The van der Waals surface area contributed by atoms with E-state index in [0.717, 1.165) is 5.56 Å². The fourth-order valence-electron chi connectivity index (χ4n) is 2.18. The van der Waals surface area contributed by atoms with Gasteiger partial charge in [0.2, 0.25) is 11.8 Å². The molecular weight excluding hydrogens is 256 g/mol. The number of nitriles is 1. The molecule has 0 unspecified atom stereocenters. The number of nitrogens with zero attached hydrogens (tertiary/aromatic N) is 2. The van der Waals surface area contributed by atoms with Gasteiger partial charge in [-0.1, -0.05) is 30.3 Å². The average molecular weight is 266 g/mol. The Balaban J connectivity index is 2.05. The van der Waals surface area contributed by atoms with E-state index in [1.807, 2.05) is 36.4 Å². The first-order chi connectivity index (χ1) is 9.69. The molecule has 0 bridgehead atoms. The summed E-state index contributed by atoms with van der Waals surface area (Å²) in [6, 6.07) is 12.9. The number of furan rings is 1. The lowest BCUT2D eigenvalue weighted by Gasteiger charge is -2.10. The second kappa shape index (κ2) is 4.67. The Kier molecular flexibility index (Phi) is 2.84. The lowest BCUT2D eigenvalue weighted by molar-refractivity contribution is -0.121. The van der Waals surface area contributed by atoms with E-state index in [-0.39, 0.29) is 36.1 Å². The van der Waals surface area contributed by atoms with Crippen molar-refractivity contribution in [2.24, 2.45) is 0 Å². The highest BCUT2D eigenvalue weighted by Gasteiger charge is 2.33. The Hall–Kier alpha value is -2.87. The molecule has 5 heteroatoms. The van der Waals surface area contributed by atoms with E-state index >= 15 is 0 Å². The molecule has 1 fully saturated rings. The Labute approximate surface area is 115 Å². The van der Waals surface area contributed by atoms with Gasteiger partial charge in [-0.2, -0.15) is 5.26 Å². The molecule has 2 heterocycles. The van der Waals surface area contributed by atoms with Crippen LogP contribution in [0.15, 0.2) is 40.8 Å². The number of anilines is 1. The van der Waals surface area contributed by atoms with Crippen molar-refractivity contribution in [1.29, 1.82) is 5.26 Å². The van der Waals surface area contributed by atoms with Crippen LogP contribution in [0.2, 0.25) is 0 Å². The van der Waals surface area contributed by atoms with Crippen LogP contribution in [-0.2, 0) is 9.59 Å². The molecular formula is C15H10N2O3. The number of Topliss-reactive ketones (excluding diaryl/α,β-unsaturated/α-hetero) is 1. The SMILES string of the molecule is N#Cc1cc(-c2ccccc2)oc1N1CC(=O)CC1=O. The maximum Gasteiger partial charge on any atom is 0.237 e. The minimum absolute atomic E-state index is 0.0325. The van der Waals surface area contributed by atoms with Crippen molar-refractivity contribution >= 4 is 17.6 Å². The number of ketones is 1. The van der Waals surface area contributed by atoms with Gasteiger partial charge in [0.15, 0.2) is 5.78 Å². The number of rotatable bonds is 2. The highest BCUT2D eigenvalue weighted by atomic mass is 16.4. The zero-order chi connectivity index (χ0) is 14.1. The molecule has 1 saturated heterocycles. The van der Waals surface area contributed by atoms with Crippen molar-refractivity contribution < 1.29 is 14.0 Å². The van der Waals surface area contributed by atoms with Crippen molar-refractivity contribution in [1.82, 2.24) is 0 Å². The summed E-state index contributed by atoms with van der Waals surface area (Å²) in [7, 11) is 0. The van der Waals surface area contributed by atoms with E-state index in [9.17, 15) is 9.59 Å². The van der Waals surface area contributed by atoms with Crippen LogP contribution < -0.4 is 4.90 Å². The molecule has 20 heavy (non-hydrogen) atoms. The summed E-state index contributed by atoms with van der Waals surface area (Å²) >= 11 is 0. The summed E-state index contributed by atoms with van der Waals surface area (Å²) in [6.45, 7) is -0.0325. The quantitative estimate of drug-likeness (QED) is 0.780. The molecule has 2 aromatic rings. The topological polar surface area (TPSA) is 74.3 Å². The molecule has 1 aliphatic heterocycles. The highest BCUT2D eigenvalue weighted by molar-refractivity contribution is 6.14. The predicted molar refractivity (Wildman–Crippen MR) is 70.8 cm³/mol. The van der Waals surface area contributed by atoms with Gasteiger partial charge in [0, 0.05) is 11.6 Å². The van der Waals surface area contributed by atoms with Crippen LogP contribution in [0, 0.1) is 11.3 Å². The first-order valence-electron chi connectivity index (χ1n) is 6.10. The predicted octanol–water partition coefficient (Wildman–Crippen LogP) is 2.12. The summed E-state index contributed by atoms with van der Waals surface area (Å²) in [5.41, 5.74) is 1.07. The third kappa shape index (κ3) is 1.97. The van der Waals surface area contributed by atoms with E-state index in [0.29, 0.717) is 5.76 Å². The van der Waals surface area contributed by atoms with Gasteiger partial charge >= 0.3 is 0 Å². The van der Waals surface area contributed by atoms with Gasteiger partial charge in [0.1, 0.15) is 17.4 Å². The molecule has 0 radical (unpaired) electrons. The van der Waals surface area contributed by atoms with Crippen LogP contribution in [0.3, 0.4) is 0 Å². The second-order valence-corrected chi connectivity index (χ2v) is 4.50. The van der Waals surface area contributed by atoms with E-state index in [1.165, 1.54) is 4.90 Å². The molecule has 0 atom stereocenters. The highest BCUT2D eigenvalue weighted by Crippen LogP contribution is 2.32. The van der Waals surface area contributed by atoms with E-state index in [4.69, 9.17) is 9.68 Å². The summed E-state index contributed by atoms with van der Waals surface area (Å²) in [5.74, 6) is 0.156. The van der Waals surface area contributed by atoms with Crippen molar-refractivity contribution in [2.45, 2.75) is 6.42 Å². The molecule has 1 aliphatic rings. The maximum absolute atomic E-state index is 11.7. The van der Waals surface area contributed by atoms with Gasteiger partial charge in [-0.25, -0.2) is 0 Å². The van der Waals surface area contributed by atoms with Crippen LogP contribution >= 0.6 is 0 Å². The van der Waals surface area contributed by atoms with Crippen molar-refractivity contribution in [3.63, 3.8) is 0 Å². The zero-order valence-corrected chi connectivity index (χ0v) is 10.5. The number of benzene rings is 1. The third-order valence-corrected chi connectivity index (χ3v) is 3.12. The average Bonchev–Trinajstić information content (AvgIpc) is 3.02. The minimum Gasteiger partial charge on any atom is -0.439 e. The fourth-order valence-corrected chi connectivity index (χ4v) is 2.18. The summed E-state index contributed by atoms with van der Waals surface area (Å²) in [4.78, 5) is 24.3. The molecule has 5 nitrogen and oxygen atoms in total. The summed E-state index contributed by atoms with van der Waals surface area (Å²) in [5, 5.41) is 9.16. The fraction of sp³-hybridized carbons (Fsp3) is 0.133. The van der Waals surface area contributed by atoms with Crippen LogP contribution in [0.1, 0.15) is 12.0 Å². The molecule has 0 spiro atoms. The third-order valence-electron chi connectivity index (χ3n) is 3.12. The van der Waals surface area contributed by atoms with E-state index < -0.39 is 0 Å². The Morgan fingerprint density at radius 2 is 1.95 bits per heavy atom. The van der Waals surface area contributed by atoms with Crippen LogP contribution in [0.25, 0.3) is 11.3 Å². The number of hydrogen-bond donors (Lipinski definition) is 0. The maximum atomic E-state index is 11.7. The first kappa shape index (κ1) is 12.2. The van der Waals surface area contributed by atoms with Crippen molar-refractivity contribution in [2.75, 3.05) is 11.4 Å². The number of carbonyl (C=O) groups is 2. The molecule has 0 saturated carbocycles. The number of amides is 1. The van der Waals surface area contributed by atoms with Crippen molar-refractivity contribution in [3.05, 3.63) is 42.0 Å². The molecule has 1 aromatic carbocycles. The largest absolute Gasteiger partial charge is 0.439 e. The molecule has 98 valence electrons. The van der Waals surface area contributed by atoms with Gasteiger partial charge in [-0.15, -0.1) is 0 Å². The lowest BCUT2D eigenvalue weighted by Crippen LogP contribution is -2.24. The smallest absolute Gasteiger partial charge is 0.237 e. The normalized spacial score (nSPS) is 14.7. The summed E-state index contributed by atoms with van der Waals surface area (Å²) in [6.07, 6.45) is -0.133. The Morgan fingerprint density at radius 1 is 1.20 bits per heavy atom.